The van der Waals surface area contributed by atoms with Gasteiger partial charge in [0.05, 0.1) is 19.8 Å². The first-order valence-corrected chi connectivity index (χ1v) is 6.81. The van der Waals surface area contributed by atoms with Crippen LogP contribution in [0.3, 0.4) is 0 Å². The average Bonchev–Trinajstić information content (AvgIpc) is 2.38. The largest absolute Gasteiger partial charge is 0.502 e. The van der Waals surface area contributed by atoms with E-state index >= 15 is 0 Å². The van der Waals surface area contributed by atoms with E-state index in [1.807, 2.05) is 19.0 Å². The SMILES string of the molecule is COc1cc(CNCC(C)(O)CN(C)C)cc(OC)c1O. The molecule has 120 valence electrons. The summed E-state index contributed by atoms with van der Waals surface area (Å²) < 4.78 is 10.2. The van der Waals surface area contributed by atoms with Crippen molar-refractivity contribution in [2.75, 3.05) is 41.4 Å². The normalized spacial score (nSPS) is 14.0. The van der Waals surface area contributed by atoms with Crippen LogP contribution in [0.2, 0.25) is 0 Å². The summed E-state index contributed by atoms with van der Waals surface area (Å²) >= 11 is 0. The van der Waals surface area contributed by atoms with E-state index in [1.165, 1.54) is 14.2 Å². The second-order valence-corrected chi connectivity index (χ2v) is 5.69. The van der Waals surface area contributed by atoms with E-state index in [0.29, 0.717) is 31.1 Å². The molecule has 0 fully saturated rings. The lowest BCUT2D eigenvalue weighted by atomic mass is 10.1. The summed E-state index contributed by atoms with van der Waals surface area (Å²) in [7, 11) is 6.83. The molecule has 1 unspecified atom stereocenters. The first-order valence-electron chi connectivity index (χ1n) is 6.81. The highest BCUT2D eigenvalue weighted by molar-refractivity contribution is 5.52. The topological polar surface area (TPSA) is 74.2 Å². The highest BCUT2D eigenvalue weighted by Gasteiger charge is 2.20. The van der Waals surface area contributed by atoms with Crippen molar-refractivity contribution in [2.24, 2.45) is 0 Å². The molecule has 1 atom stereocenters. The van der Waals surface area contributed by atoms with E-state index in [0.717, 1.165) is 5.56 Å². The highest BCUT2D eigenvalue weighted by atomic mass is 16.5. The molecule has 1 aromatic rings. The Labute approximate surface area is 126 Å². The van der Waals surface area contributed by atoms with Gasteiger partial charge in [0, 0.05) is 19.6 Å². The quantitative estimate of drug-likeness (QED) is 0.659. The maximum absolute atomic E-state index is 10.2. The van der Waals surface area contributed by atoms with Crippen molar-refractivity contribution in [2.45, 2.75) is 19.1 Å². The Balaban J connectivity index is 2.67. The van der Waals surface area contributed by atoms with Crippen molar-refractivity contribution in [3.05, 3.63) is 17.7 Å². The minimum absolute atomic E-state index is 0.0108. The second kappa shape index (κ2) is 7.49. The Morgan fingerprint density at radius 2 is 1.71 bits per heavy atom. The van der Waals surface area contributed by atoms with Gasteiger partial charge in [-0.05, 0) is 38.7 Å². The first kappa shape index (κ1) is 17.6. The zero-order valence-corrected chi connectivity index (χ0v) is 13.4. The molecule has 0 saturated heterocycles. The molecule has 0 radical (unpaired) electrons. The average molecular weight is 298 g/mol. The number of phenols is 1. The van der Waals surface area contributed by atoms with Crippen molar-refractivity contribution in [1.29, 1.82) is 0 Å². The fourth-order valence-corrected chi connectivity index (χ4v) is 2.26. The molecule has 0 amide bonds. The van der Waals surface area contributed by atoms with Crippen LogP contribution in [-0.2, 0) is 6.54 Å². The summed E-state index contributed by atoms with van der Waals surface area (Å²) in [5.41, 5.74) is 0.0939. The van der Waals surface area contributed by atoms with E-state index < -0.39 is 5.60 Å². The van der Waals surface area contributed by atoms with E-state index in [-0.39, 0.29) is 5.75 Å². The first-order chi connectivity index (χ1) is 9.79. The van der Waals surface area contributed by atoms with Gasteiger partial charge in [-0.3, -0.25) is 0 Å². The number of aliphatic hydroxyl groups is 1. The van der Waals surface area contributed by atoms with Crippen LogP contribution in [0.4, 0.5) is 0 Å². The van der Waals surface area contributed by atoms with E-state index in [4.69, 9.17) is 9.47 Å². The minimum atomic E-state index is -0.811. The summed E-state index contributed by atoms with van der Waals surface area (Å²) in [6.07, 6.45) is 0. The standard InChI is InChI=1S/C15H26N2O4/c1-15(19,10-17(2)3)9-16-8-11-6-12(20-4)14(18)13(7-11)21-5/h6-7,16,18-19H,8-10H2,1-5H3. The molecule has 0 bridgehead atoms. The fraction of sp³-hybridized carbons (Fsp3) is 0.600. The molecule has 21 heavy (non-hydrogen) atoms. The van der Waals surface area contributed by atoms with Gasteiger partial charge in [-0.15, -0.1) is 0 Å². The van der Waals surface area contributed by atoms with E-state index in [9.17, 15) is 10.2 Å². The third-order valence-electron chi connectivity index (χ3n) is 3.03. The van der Waals surface area contributed by atoms with Crippen molar-refractivity contribution in [3.8, 4) is 17.2 Å². The smallest absolute Gasteiger partial charge is 0.200 e. The van der Waals surface area contributed by atoms with Crippen molar-refractivity contribution >= 4 is 0 Å². The number of hydrogen-bond donors (Lipinski definition) is 3. The van der Waals surface area contributed by atoms with Crippen molar-refractivity contribution < 1.29 is 19.7 Å². The molecule has 3 N–H and O–H groups in total. The maximum atomic E-state index is 10.2. The fourth-order valence-electron chi connectivity index (χ4n) is 2.26. The number of phenolic OH excluding ortho intramolecular Hbond substituents is 1. The van der Waals surface area contributed by atoms with Crippen LogP contribution in [0.5, 0.6) is 17.2 Å². The molecule has 1 aromatic carbocycles. The van der Waals surface area contributed by atoms with E-state index in [2.05, 4.69) is 5.32 Å². The molecule has 0 aliphatic rings. The van der Waals surface area contributed by atoms with Crippen LogP contribution in [-0.4, -0.2) is 62.1 Å². The monoisotopic (exact) mass is 298 g/mol. The number of methoxy groups -OCH3 is 2. The molecule has 0 heterocycles. The molecule has 0 aromatic heterocycles. The van der Waals surface area contributed by atoms with Crippen LogP contribution >= 0.6 is 0 Å². The number of nitrogens with zero attached hydrogens (tertiary/aromatic N) is 1. The molecular formula is C15H26N2O4. The number of hydrogen-bond acceptors (Lipinski definition) is 6. The number of ether oxygens (including phenoxy) is 2. The van der Waals surface area contributed by atoms with Gasteiger partial charge in [0.15, 0.2) is 11.5 Å². The zero-order valence-electron chi connectivity index (χ0n) is 13.4. The summed E-state index contributed by atoms with van der Waals surface area (Å²) in [4.78, 5) is 1.94. The van der Waals surface area contributed by atoms with Crippen LogP contribution in [0.1, 0.15) is 12.5 Å². The predicted octanol–water partition coefficient (Wildman–Crippen LogP) is 0.812. The molecular weight excluding hydrogens is 272 g/mol. The lowest BCUT2D eigenvalue weighted by molar-refractivity contribution is 0.0336. The Morgan fingerprint density at radius 1 is 1.19 bits per heavy atom. The molecule has 6 heteroatoms. The summed E-state index contributed by atoms with van der Waals surface area (Å²) in [5, 5.41) is 23.3. The van der Waals surface area contributed by atoms with Crippen LogP contribution < -0.4 is 14.8 Å². The van der Waals surface area contributed by atoms with Gasteiger partial charge in [-0.1, -0.05) is 0 Å². The predicted molar refractivity (Wildman–Crippen MR) is 82.1 cm³/mol. The Morgan fingerprint density at radius 3 is 2.14 bits per heavy atom. The Kier molecular flexibility index (Phi) is 6.26. The highest BCUT2D eigenvalue weighted by Crippen LogP contribution is 2.36. The van der Waals surface area contributed by atoms with Crippen LogP contribution in [0.25, 0.3) is 0 Å². The van der Waals surface area contributed by atoms with Gasteiger partial charge in [0.25, 0.3) is 0 Å². The van der Waals surface area contributed by atoms with Gasteiger partial charge in [0.2, 0.25) is 5.75 Å². The third-order valence-corrected chi connectivity index (χ3v) is 3.03. The van der Waals surface area contributed by atoms with Crippen LogP contribution in [0, 0.1) is 0 Å². The van der Waals surface area contributed by atoms with Gasteiger partial charge >= 0.3 is 0 Å². The molecule has 1 rings (SSSR count). The number of benzene rings is 1. The lowest BCUT2D eigenvalue weighted by Gasteiger charge is -2.27. The summed E-state index contributed by atoms with van der Waals surface area (Å²) in [6, 6.07) is 3.48. The number of likely N-dealkylation sites (N-methyl/N-ethyl adjacent to an activating group) is 1. The van der Waals surface area contributed by atoms with Gasteiger partial charge in [0.1, 0.15) is 0 Å². The second-order valence-electron chi connectivity index (χ2n) is 5.69. The Hall–Kier alpha value is -1.50. The third kappa shape index (κ3) is 5.41. The summed E-state index contributed by atoms with van der Waals surface area (Å²) in [5.74, 6) is 0.723. The van der Waals surface area contributed by atoms with Crippen LogP contribution in [0.15, 0.2) is 12.1 Å². The lowest BCUT2D eigenvalue weighted by Crippen LogP contribution is -2.45. The molecule has 0 spiro atoms. The maximum Gasteiger partial charge on any atom is 0.200 e. The number of rotatable bonds is 8. The number of nitrogens with one attached hydrogen (secondary N) is 1. The van der Waals surface area contributed by atoms with E-state index in [1.54, 1.807) is 19.1 Å². The van der Waals surface area contributed by atoms with Gasteiger partial charge in [-0.2, -0.15) is 0 Å². The molecule has 0 aliphatic carbocycles. The van der Waals surface area contributed by atoms with Gasteiger partial charge < -0.3 is 29.9 Å². The Bertz CT molecular complexity index is 436. The molecule has 0 saturated carbocycles. The van der Waals surface area contributed by atoms with Crippen molar-refractivity contribution in [1.82, 2.24) is 10.2 Å². The van der Waals surface area contributed by atoms with Gasteiger partial charge in [-0.25, -0.2) is 0 Å². The molecule has 0 aliphatic heterocycles. The molecule has 6 nitrogen and oxygen atoms in total. The number of aromatic hydroxyl groups is 1. The minimum Gasteiger partial charge on any atom is -0.502 e. The summed E-state index contributed by atoms with van der Waals surface area (Å²) in [6.45, 7) is 3.35. The zero-order chi connectivity index (χ0) is 16.0. The van der Waals surface area contributed by atoms with Crippen molar-refractivity contribution in [3.63, 3.8) is 0 Å².